The molecule has 1 aromatic heterocycles. The van der Waals surface area contributed by atoms with Gasteiger partial charge in [0.25, 0.3) is 0 Å². The van der Waals surface area contributed by atoms with Gasteiger partial charge in [-0.3, -0.25) is 4.79 Å². The molecule has 2 aliphatic rings. The lowest BCUT2D eigenvalue weighted by Crippen LogP contribution is -2.43. The first-order chi connectivity index (χ1) is 14.8. The number of aryl methyl sites for hydroxylation is 2. The number of carbonyl (C=O) groups is 2. The summed E-state index contributed by atoms with van der Waals surface area (Å²) in [5, 5.41) is 5.07. The van der Waals surface area contributed by atoms with Crippen LogP contribution < -0.4 is 5.73 Å². The van der Waals surface area contributed by atoms with Crippen LogP contribution in [0.3, 0.4) is 0 Å². The number of rotatable bonds is 4. The van der Waals surface area contributed by atoms with Crippen molar-refractivity contribution in [3.63, 3.8) is 0 Å². The Balaban J connectivity index is 1.96. The van der Waals surface area contributed by atoms with Crippen LogP contribution in [-0.4, -0.2) is 17.2 Å². The number of benzene rings is 1. The first-order valence-electron chi connectivity index (χ1n) is 10.0. The molecular weight excluding hydrogens is 435 g/mol. The van der Waals surface area contributed by atoms with Gasteiger partial charge in [-0.1, -0.05) is 52.6 Å². The molecule has 0 bridgehead atoms. The van der Waals surface area contributed by atoms with Gasteiger partial charge < -0.3 is 15.1 Å². The first-order valence-corrected chi connectivity index (χ1v) is 10.8. The first kappa shape index (κ1) is 21.6. The Bertz CT molecular complexity index is 1140. The SMILES string of the molecule is Cc1noc(C)c1C1=C[C@](C=O)(C2CC=C(Cl)C=C2N)[C@H](c2cccc(Cl)c2)CC1=O. The number of carbonyl (C=O) groups excluding carboxylic acids is 2. The zero-order valence-electron chi connectivity index (χ0n) is 17.2. The lowest BCUT2D eigenvalue weighted by Gasteiger charge is -2.44. The smallest absolute Gasteiger partial charge is 0.164 e. The molecule has 0 fully saturated rings. The predicted molar refractivity (Wildman–Crippen MR) is 121 cm³/mol. The van der Waals surface area contributed by atoms with Crippen molar-refractivity contribution < 1.29 is 14.1 Å². The van der Waals surface area contributed by atoms with E-state index < -0.39 is 11.3 Å². The van der Waals surface area contributed by atoms with Gasteiger partial charge in [0.2, 0.25) is 0 Å². The summed E-state index contributed by atoms with van der Waals surface area (Å²) in [4.78, 5) is 26.2. The molecule has 7 heteroatoms. The molecule has 3 atom stereocenters. The lowest BCUT2D eigenvalue weighted by atomic mass is 9.57. The highest BCUT2D eigenvalue weighted by atomic mass is 35.5. The van der Waals surface area contributed by atoms with E-state index in [0.717, 1.165) is 11.8 Å². The Hall–Kier alpha value is -2.63. The van der Waals surface area contributed by atoms with Gasteiger partial charge in [-0.25, -0.2) is 0 Å². The van der Waals surface area contributed by atoms with Crippen LogP contribution in [0.15, 0.2) is 57.7 Å². The largest absolute Gasteiger partial charge is 0.402 e. The number of Topliss-reactive ketones (excluding diaryl/α,β-unsaturated/α-hetero) is 1. The fourth-order valence-electron chi connectivity index (χ4n) is 4.83. The van der Waals surface area contributed by atoms with E-state index in [2.05, 4.69) is 5.16 Å². The average Bonchev–Trinajstić information content (AvgIpc) is 3.06. The number of hydrogen-bond acceptors (Lipinski definition) is 5. The van der Waals surface area contributed by atoms with Crippen molar-refractivity contribution in [2.45, 2.75) is 32.6 Å². The molecule has 2 aliphatic carbocycles. The highest BCUT2D eigenvalue weighted by Crippen LogP contribution is 2.53. The standard InChI is InChI=1S/C24H22Cl2N2O3/c1-13-23(14(2)31-28-13)18-11-24(12-29,19-7-6-17(26)9-21(19)27)20(10-22(18)30)15-4-3-5-16(25)8-15/h3-6,8-9,11-12,19-20H,7,10,27H2,1-2H3/t19?,20-,24-/m0/s1. The van der Waals surface area contributed by atoms with Crippen LogP contribution in [0.1, 0.15) is 41.3 Å². The summed E-state index contributed by atoms with van der Waals surface area (Å²) in [5.74, 6) is -0.334. The van der Waals surface area contributed by atoms with Crippen molar-refractivity contribution in [1.29, 1.82) is 0 Å². The summed E-state index contributed by atoms with van der Waals surface area (Å²) in [7, 11) is 0. The zero-order chi connectivity index (χ0) is 22.3. The Morgan fingerprint density at radius 3 is 2.65 bits per heavy atom. The van der Waals surface area contributed by atoms with Gasteiger partial charge in [0, 0.05) is 39.6 Å². The van der Waals surface area contributed by atoms with Crippen LogP contribution in [0, 0.1) is 25.2 Å². The molecule has 1 heterocycles. The van der Waals surface area contributed by atoms with Crippen LogP contribution in [0.5, 0.6) is 0 Å². The maximum absolute atomic E-state index is 13.3. The molecule has 0 spiro atoms. The van der Waals surface area contributed by atoms with Gasteiger partial charge in [0.05, 0.1) is 16.7 Å². The lowest BCUT2D eigenvalue weighted by molar-refractivity contribution is -0.120. The third-order valence-corrected chi connectivity index (χ3v) is 6.80. The summed E-state index contributed by atoms with van der Waals surface area (Å²) >= 11 is 12.4. The third-order valence-electron chi connectivity index (χ3n) is 6.30. The van der Waals surface area contributed by atoms with E-state index in [1.54, 1.807) is 38.1 Å². The summed E-state index contributed by atoms with van der Waals surface area (Å²) in [6.07, 6.45) is 6.83. The van der Waals surface area contributed by atoms with Crippen molar-refractivity contribution in [3.05, 3.63) is 80.8 Å². The van der Waals surface area contributed by atoms with Crippen molar-refractivity contribution in [2.24, 2.45) is 17.1 Å². The number of nitrogens with two attached hydrogens (primary N) is 1. The molecule has 0 amide bonds. The highest BCUT2D eigenvalue weighted by Gasteiger charge is 2.50. The van der Waals surface area contributed by atoms with E-state index in [9.17, 15) is 9.59 Å². The molecule has 1 unspecified atom stereocenters. The van der Waals surface area contributed by atoms with Gasteiger partial charge in [0.15, 0.2) is 5.78 Å². The summed E-state index contributed by atoms with van der Waals surface area (Å²) < 4.78 is 5.29. The number of nitrogens with zero attached hydrogens (tertiary/aromatic N) is 1. The summed E-state index contributed by atoms with van der Waals surface area (Å²) in [6.45, 7) is 3.54. The Labute approximate surface area is 190 Å². The Morgan fingerprint density at radius 2 is 2.03 bits per heavy atom. The number of ketones is 1. The minimum atomic E-state index is -1.07. The predicted octanol–water partition coefficient (Wildman–Crippen LogP) is 5.26. The van der Waals surface area contributed by atoms with Crippen molar-refractivity contribution in [1.82, 2.24) is 5.16 Å². The molecule has 160 valence electrons. The Morgan fingerprint density at radius 1 is 1.26 bits per heavy atom. The zero-order valence-corrected chi connectivity index (χ0v) is 18.7. The van der Waals surface area contributed by atoms with Gasteiger partial charge in [-0.15, -0.1) is 0 Å². The maximum Gasteiger partial charge on any atom is 0.164 e. The number of halogens is 2. The molecule has 2 N–H and O–H groups in total. The molecule has 0 radical (unpaired) electrons. The molecule has 0 saturated carbocycles. The van der Waals surface area contributed by atoms with E-state index in [0.29, 0.717) is 44.8 Å². The monoisotopic (exact) mass is 456 g/mol. The van der Waals surface area contributed by atoms with Crippen molar-refractivity contribution in [2.75, 3.05) is 0 Å². The molecule has 1 aromatic carbocycles. The number of aromatic nitrogens is 1. The van der Waals surface area contributed by atoms with Crippen LogP contribution in [0.25, 0.3) is 5.57 Å². The number of allylic oxidation sites excluding steroid dienone is 6. The van der Waals surface area contributed by atoms with E-state index >= 15 is 0 Å². The van der Waals surface area contributed by atoms with E-state index in [1.165, 1.54) is 0 Å². The van der Waals surface area contributed by atoms with Gasteiger partial charge >= 0.3 is 0 Å². The number of hydrogen-bond donors (Lipinski definition) is 1. The third kappa shape index (κ3) is 3.66. The van der Waals surface area contributed by atoms with Crippen LogP contribution in [0.4, 0.5) is 0 Å². The minimum Gasteiger partial charge on any atom is -0.402 e. The fourth-order valence-corrected chi connectivity index (χ4v) is 5.25. The molecule has 5 nitrogen and oxygen atoms in total. The summed E-state index contributed by atoms with van der Waals surface area (Å²) in [6, 6.07) is 7.28. The number of aldehydes is 1. The maximum atomic E-state index is 13.3. The molecule has 0 aliphatic heterocycles. The van der Waals surface area contributed by atoms with E-state index in [1.807, 2.05) is 18.2 Å². The molecule has 31 heavy (non-hydrogen) atoms. The second-order valence-electron chi connectivity index (χ2n) is 8.13. The van der Waals surface area contributed by atoms with E-state index in [4.69, 9.17) is 33.5 Å². The average molecular weight is 457 g/mol. The molecule has 0 saturated heterocycles. The van der Waals surface area contributed by atoms with Crippen molar-refractivity contribution in [3.8, 4) is 0 Å². The van der Waals surface area contributed by atoms with E-state index in [-0.39, 0.29) is 18.1 Å². The Kier molecular flexibility index (Phi) is 5.67. The van der Waals surface area contributed by atoms with Gasteiger partial charge in [0.1, 0.15) is 12.0 Å². The molecule has 4 rings (SSSR count). The minimum absolute atomic E-state index is 0.0798. The van der Waals surface area contributed by atoms with Gasteiger partial charge in [-0.05, 0) is 44.0 Å². The fraction of sp³-hybridized carbons (Fsp3) is 0.292. The highest BCUT2D eigenvalue weighted by molar-refractivity contribution is 6.31. The quantitative estimate of drug-likeness (QED) is 0.634. The molecular formula is C24H22Cl2N2O3. The normalized spacial score (nSPS) is 26.2. The second-order valence-corrected chi connectivity index (χ2v) is 9.00. The summed E-state index contributed by atoms with van der Waals surface area (Å²) in [5.41, 5.74) is 8.33. The molecule has 2 aromatic rings. The van der Waals surface area contributed by atoms with Gasteiger partial charge in [-0.2, -0.15) is 0 Å². The topological polar surface area (TPSA) is 86.2 Å². The van der Waals surface area contributed by atoms with Crippen LogP contribution in [0.2, 0.25) is 5.02 Å². The van der Waals surface area contributed by atoms with Crippen LogP contribution >= 0.6 is 23.2 Å². The second kappa shape index (κ2) is 8.13. The van der Waals surface area contributed by atoms with Crippen LogP contribution in [-0.2, 0) is 9.59 Å². The van der Waals surface area contributed by atoms with Crippen molar-refractivity contribution >= 4 is 40.8 Å².